The van der Waals surface area contributed by atoms with Crippen LogP contribution in [0.25, 0.3) is 0 Å². The second-order valence-corrected chi connectivity index (χ2v) is 14.3. The maximum Gasteiger partial charge on any atom is 0.411 e. The molecule has 2 atom stereocenters. The van der Waals surface area contributed by atoms with E-state index in [1.165, 1.54) is 12.0 Å². The molecule has 1 heterocycles. The fourth-order valence-electron chi connectivity index (χ4n) is 2.70. The van der Waals surface area contributed by atoms with E-state index in [9.17, 15) is 9.59 Å². The van der Waals surface area contributed by atoms with E-state index in [0.29, 0.717) is 13.0 Å². The van der Waals surface area contributed by atoms with Gasteiger partial charge >= 0.3 is 12.1 Å². The highest BCUT2D eigenvalue weighted by Gasteiger charge is 2.54. The molecule has 2 unspecified atom stereocenters. The van der Waals surface area contributed by atoms with Gasteiger partial charge in [0, 0.05) is 6.42 Å². The summed E-state index contributed by atoms with van der Waals surface area (Å²) in [4.78, 5) is 26.5. The number of rotatable bonds is 3. The van der Waals surface area contributed by atoms with Crippen LogP contribution in [-0.4, -0.2) is 56.2 Å². The Morgan fingerprint density at radius 2 is 1.64 bits per heavy atom. The number of carbonyl (C=O) groups is 2. The standard InChI is InChI=1S/C18H35NO5Si/c1-16(2,3)23-15(21)19-12-13(11-18(19,7)14(20)22-8)24-25(9,10)17(4,5)6/h13H,11-12H2,1-10H3. The Morgan fingerprint density at radius 3 is 2.04 bits per heavy atom. The molecule has 1 fully saturated rings. The normalized spacial score (nSPS) is 25.0. The van der Waals surface area contributed by atoms with Gasteiger partial charge in [-0.2, -0.15) is 0 Å². The SMILES string of the molecule is COC(=O)C1(C)CC(O[Si](C)(C)C(C)(C)C)CN1C(=O)OC(C)(C)C. The number of esters is 1. The van der Waals surface area contributed by atoms with Crippen molar-refractivity contribution in [2.45, 2.75) is 90.3 Å². The maximum absolute atomic E-state index is 12.7. The molecular formula is C18H35NO5Si. The summed E-state index contributed by atoms with van der Waals surface area (Å²) >= 11 is 0. The van der Waals surface area contributed by atoms with Crippen molar-refractivity contribution in [1.82, 2.24) is 4.90 Å². The average molecular weight is 374 g/mol. The summed E-state index contributed by atoms with van der Waals surface area (Å²) in [7, 11) is -0.683. The molecular weight excluding hydrogens is 338 g/mol. The average Bonchev–Trinajstić information content (AvgIpc) is 2.72. The molecule has 0 N–H and O–H groups in total. The maximum atomic E-state index is 12.7. The largest absolute Gasteiger partial charge is 0.467 e. The molecule has 7 heteroatoms. The predicted molar refractivity (Wildman–Crippen MR) is 100 cm³/mol. The van der Waals surface area contributed by atoms with Crippen molar-refractivity contribution in [2.24, 2.45) is 0 Å². The van der Waals surface area contributed by atoms with E-state index in [4.69, 9.17) is 13.9 Å². The van der Waals surface area contributed by atoms with Gasteiger partial charge in [0.15, 0.2) is 8.32 Å². The quantitative estimate of drug-likeness (QED) is 0.553. The zero-order chi connectivity index (χ0) is 19.8. The highest BCUT2D eigenvalue weighted by molar-refractivity contribution is 6.74. The van der Waals surface area contributed by atoms with Crippen LogP contribution in [0.1, 0.15) is 54.9 Å². The molecule has 0 radical (unpaired) electrons. The second kappa shape index (κ2) is 6.91. The third kappa shape index (κ3) is 4.97. The lowest BCUT2D eigenvalue weighted by Crippen LogP contribution is -2.52. The van der Waals surface area contributed by atoms with Crippen molar-refractivity contribution in [3.05, 3.63) is 0 Å². The van der Waals surface area contributed by atoms with Gasteiger partial charge in [-0.3, -0.25) is 4.90 Å². The molecule has 0 bridgehead atoms. The van der Waals surface area contributed by atoms with Crippen molar-refractivity contribution in [3.8, 4) is 0 Å². The first-order chi connectivity index (χ1) is 11.0. The molecule has 1 saturated heterocycles. The van der Waals surface area contributed by atoms with Gasteiger partial charge in [0.2, 0.25) is 0 Å². The van der Waals surface area contributed by atoms with Gasteiger partial charge in [-0.25, -0.2) is 9.59 Å². The van der Waals surface area contributed by atoms with Crippen LogP contribution in [0.4, 0.5) is 4.79 Å². The zero-order valence-electron chi connectivity index (χ0n) is 17.5. The number of hydrogen-bond acceptors (Lipinski definition) is 5. The van der Waals surface area contributed by atoms with Crippen LogP contribution in [0.2, 0.25) is 18.1 Å². The van der Waals surface area contributed by atoms with Gasteiger partial charge in [-0.1, -0.05) is 20.8 Å². The molecule has 1 amide bonds. The lowest BCUT2D eigenvalue weighted by atomic mass is 9.98. The molecule has 1 aliphatic rings. The number of amides is 1. The number of methoxy groups -OCH3 is 1. The Hall–Kier alpha value is -1.08. The number of carbonyl (C=O) groups excluding carboxylic acids is 2. The molecule has 1 aliphatic heterocycles. The van der Waals surface area contributed by atoms with Crippen LogP contribution < -0.4 is 0 Å². The van der Waals surface area contributed by atoms with Crippen LogP contribution in [0.3, 0.4) is 0 Å². The Balaban J connectivity index is 3.07. The van der Waals surface area contributed by atoms with Crippen molar-refractivity contribution in [2.75, 3.05) is 13.7 Å². The fourth-order valence-corrected chi connectivity index (χ4v) is 4.05. The van der Waals surface area contributed by atoms with Gasteiger partial charge < -0.3 is 13.9 Å². The topological polar surface area (TPSA) is 65.1 Å². The van der Waals surface area contributed by atoms with E-state index < -0.39 is 31.5 Å². The fraction of sp³-hybridized carbons (Fsp3) is 0.889. The Morgan fingerprint density at radius 1 is 1.12 bits per heavy atom. The third-order valence-corrected chi connectivity index (χ3v) is 9.65. The lowest BCUT2D eigenvalue weighted by molar-refractivity contribution is -0.152. The van der Waals surface area contributed by atoms with Crippen LogP contribution in [-0.2, 0) is 18.7 Å². The third-order valence-electron chi connectivity index (χ3n) is 5.11. The minimum absolute atomic E-state index is 0.0496. The summed E-state index contributed by atoms with van der Waals surface area (Å²) in [6, 6.07) is 0. The van der Waals surface area contributed by atoms with E-state index in [1.807, 2.05) is 0 Å². The highest BCUT2D eigenvalue weighted by atomic mass is 28.4. The van der Waals surface area contributed by atoms with Crippen molar-refractivity contribution in [3.63, 3.8) is 0 Å². The smallest absolute Gasteiger partial charge is 0.411 e. The van der Waals surface area contributed by atoms with E-state index in [0.717, 1.165) is 0 Å². The first-order valence-corrected chi connectivity index (χ1v) is 11.7. The van der Waals surface area contributed by atoms with Crippen LogP contribution in [0.5, 0.6) is 0 Å². The molecule has 0 spiro atoms. The zero-order valence-corrected chi connectivity index (χ0v) is 18.5. The van der Waals surface area contributed by atoms with Crippen LogP contribution in [0.15, 0.2) is 0 Å². The van der Waals surface area contributed by atoms with Gasteiger partial charge in [-0.15, -0.1) is 0 Å². The minimum atomic E-state index is -2.02. The van der Waals surface area contributed by atoms with Gasteiger partial charge in [0.1, 0.15) is 11.1 Å². The summed E-state index contributed by atoms with van der Waals surface area (Å²) in [6.45, 7) is 18.3. The number of ether oxygens (including phenoxy) is 2. The van der Waals surface area contributed by atoms with E-state index >= 15 is 0 Å². The predicted octanol–water partition coefficient (Wildman–Crippen LogP) is 3.95. The van der Waals surface area contributed by atoms with Crippen LogP contribution >= 0.6 is 0 Å². The van der Waals surface area contributed by atoms with E-state index in [-0.39, 0.29) is 11.1 Å². The summed E-state index contributed by atoms with van der Waals surface area (Å²) in [6.07, 6.45) is -0.315. The molecule has 1 rings (SSSR count). The molecule has 6 nitrogen and oxygen atoms in total. The van der Waals surface area contributed by atoms with E-state index in [2.05, 4.69) is 33.9 Å². The monoisotopic (exact) mass is 373 g/mol. The molecule has 0 aromatic carbocycles. The Bertz CT molecular complexity index is 521. The molecule has 0 aliphatic carbocycles. The number of nitrogens with zero attached hydrogens (tertiary/aromatic N) is 1. The molecule has 0 aromatic heterocycles. The van der Waals surface area contributed by atoms with Crippen molar-refractivity contribution >= 4 is 20.4 Å². The second-order valence-electron chi connectivity index (χ2n) is 9.56. The van der Waals surface area contributed by atoms with Gasteiger partial charge in [0.25, 0.3) is 0 Å². The summed E-state index contributed by atoms with van der Waals surface area (Å²) in [5, 5.41) is 0.0496. The molecule has 25 heavy (non-hydrogen) atoms. The minimum Gasteiger partial charge on any atom is -0.467 e. The Labute approximate surface area is 153 Å². The number of hydrogen-bond donors (Lipinski definition) is 0. The summed E-state index contributed by atoms with van der Waals surface area (Å²) in [5.74, 6) is -0.445. The van der Waals surface area contributed by atoms with E-state index in [1.54, 1.807) is 27.7 Å². The van der Waals surface area contributed by atoms with Gasteiger partial charge in [0.05, 0.1) is 19.8 Å². The summed E-state index contributed by atoms with van der Waals surface area (Å²) < 4.78 is 16.9. The van der Waals surface area contributed by atoms with Crippen LogP contribution in [0, 0.1) is 0 Å². The molecule has 0 aromatic rings. The molecule has 0 saturated carbocycles. The van der Waals surface area contributed by atoms with Crippen molar-refractivity contribution < 1.29 is 23.5 Å². The molecule has 146 valence electrons. The first-order valence-electron chi connectivity index (χ1n) is 8.80. The Kier molecular flexibility index (Phi) is 6.07. The number of likely N-dealkylation sites (tertiary alicyclic amines) is 1. The van der Waals surface area contributed by atoms with Gasteiger partial charge in [-0.05, 0) is 45.8 Å². The highest BCUT2D eigenvalue weighted by Crippen LogP contribution is 2.41. The lowest BCUT2D eigenvalue weighted by Gasteiger charge is -2.38. The van der Waals surface area contributed by atoms with Crippen molar-refractivity contribution in [1.29, 1.82) is 0 Å². The first kappa shape index (κ1) is 22.0. The summed E-state index contributed by atoms with van der Waals surface area (Å²) in [5.41, 5.74) is -1.71.